The number of hydrogen-bond donors (Lipinski definition) is 2. The Bertz CT molecular complexity index is 2200. The minimum absolute atomic E-state index is 0.0914. The SMILES string of the molecule is CC(C)c1nc(C(=O)N2CCOC3(CCN(Cc4cccc(CCNC[C@H](OC(=O)C(F)(F)F)c5ccc(OC(=O)C(F)(F)F)c6[nH]c(=O)sc56)c4Cl)CC3)C2)cs1. The first kappa shape index (κ1) is 43.5. The van der Waals surface area contributed by atoms with E-state index in [4.69, 9.17) is 21.1 Å². The van der Waals surface area contributed by atoms with E-state index in [0.717, 1.165) is 28.3 Å². The number of H-pyrrole nitrogens is 1. The molecule has 0 aliphatic carbocycles. The number of esters is 2. The number of nitrogens with one attached hydrogen (secondary N) is 2. The van der Waals surface area contributed by atoms with Crippen molar-refractivity contribution in [2.75, 3.05) is 45.9 Å². The molecule has 1 atom stereocenters. The van der Waals surface area contributed by atoms with E-state index in [1.54, 1.807) is 6.07 Å². The molecule has 2 fully saturated rings. The summed E-state index contributed by atoms with van der Waals surface area (Å²) in [5.41, 5.74) is 1.06. The number of aromatic nitrogens is 2. The number of thiazole rings is 2. The summed E-state index contributed by atoms with van der Waals surface area (Å²) >= 11 is 8.75. The van der Waals surface area contributed by atoms with Gasteiger partial charge in [0, 0.05) is 54.6 Å². The third kappa shape index (κ3) is 10.2. The standard InChI is InChI=1S/C37H38ClF6N5O7S2/c1-20(2)30-46-24(18-57-30)31(50)49-14-15-54-35(19-49)9-12-48(13-10-35)17-22-5-3-4-21(27(22)38)8-11-45-16-26(56-33(52)37(42,43)44)23-6-7-25(55-32(51)36(39,40)41)28-29(23)58-34(53)47-28/h3-7,18,20,26,45H,8-17,19H2,1-2H3,(H,47,53)/t26-/m0/s1. The predicted molar refractivity (Wildman–Crippen MR) is 202 cm³/mol. The molecule has 2 aliphatic rings. The van der Waals surface area contributed by atoms with Crippen LogP contribution >= 0.6 is 34.3 Å². The highest BCUT2D eigenvalue weighted by molar-refractivity contribution is 7.16. The summed E-state index contributed by atoms with van der Waals surface area (Å²) in [7, 11) is 0. The van der Waals surface area contributed by atoms with Crippen LogP contribution in [0.5, 0.6) is 5.75 Å². The number of morpholine rings is 1. The number of benzene rings is 2. The Morgan fingerprint density at radius 2 is 1.74 bits per heavy atom. The molecule has 2 aromatic carbocycles. The first-order chi connectivity index (χ1) is 27.3. The van der Waals surface area contributed by atoms with Gasteiger partial charge >= 0.3 is 29.2 Å². The Balaban J connectivity index is 1.07. The van der Waals surface area contributed by atoms with Gasteiger partial charge < -0.3 is 29.4 Å². The number of halogens is 7. The smallest absolute Gasteiger partial charge is 0.449 e. The molecule has 58 heavy (non-hydrogen) atoms. The largest absolute Gasteiger partial charge is 0.491 e. The van der Waals surface area contributed by atoms with Crippen molar-refractivity contribution in [1.82, 2.24) is 25.1 Å². The van der Waals surface area contributed by atoms with Gasteiger partial charge in [-0.15, -0.1) is 11.3 Å². The molecule has 2 aliphatic heterocycles. The minimum atomic E-state index is -5.38. The van der Waals surface area contributed by atoms with Gasteiger partial charge in [0.2, 0.25) is 0 Å². The molecule has 0 radical (unpaired) electrons. The lowest BCUT2D eigenvalue weighted by Crippen LogP contribution is -2.58. The quantitative estimate of drug-likeness (QED) is 0.0678. The Kier molecular flexibility index (Phi) is 13.2. The minimum Gasteiger partial charge on any atom is -0.449 e. The highest BCUT2D eigenvalue weighted by Gasteiger charge is 2.44. The summed E-state index contributed by atoms with van der Waals surface area (Å²) in [5.74, 6) is -5.66. The number of carbonyl (C=O) groups is 3. The highest BCUT2D eigenvalue weighted by Crippen LogP contribution is 2.36. The van der Waals surface area contributed by atoms with Crippen LogP contribution in [0.4, 0.5) is 26.3 Å². The van der Waals surface area contributed by atoms with Crippen LogP contribution in [0, 0.1) is 0 Å². The lowest BCUT2D eigenvalue weighted by atomic mass is 9.89. The maximum atomic E-state index is 13.3. The van der Waals surface area contributed by atoms with Gasteiger partial charge in [-0.3, -0.25) is 14.5 Å². The summed E-state index contributed by atoms with van der Waals surface area (Å²) in [4.78, 5) is 58.9. The van der Waals surface area contributed by atoms with Gasteiger partial charge in [0.25, 0.3) is 5.91 Å². The van der Waals surface area contributed by atoms with Gasteiger partial charge in [0.05, 0.1) is 28.5 Å². The van der Waals surface area contributed by atoms with Crippen molar-refractivity contribution in [3.63, 3.8) is 0 Å². The van der Waals surface area contributed by atoms with E-state index in [0.29, 0.717) is 80.6 Å². The Morgan fingerprint density at radius 3 is 2.41 bits per heavy atom. The number of alkyl halides is 6. The van der Waals surface area contributed by atoms with Crippen molar-refractivity contribution < 1.29 is 54.9 Å². The van der Waals surface area contributed by atoms with Crippen molar-refractivity contribution in [3.8, 4) is 5.75 Å². The normalized spacial score (nSPS) is 16.9. The van der Waals surface area contributed by atoms with E-state index in [1.807, 2.05) is 36.3 Å². The number of nitrogens with zero attached hydrogens (tertiary/aromatic N) is 3. The van der Waals surface area contributed by atoms with Gasteiger partial charge in [-0.1, -0.05) is 55.0 Å². The molecular formula is C37H38ClF6N5O7S2. The second kappa shape index (κ2) is 17.6. The van der Waals surface area contributed by atoms with E-state index in [1.165, 1.54) is 11.3 Å². The van der Waals surface area contributed by atoms with Crippen molar-refractivity contribution in [3.05, 3.63) is 77.8 Å². The van der Waals surface area contributed by atoms with E-state index in [-0.39, 0.29) is 34.1 Å². The third-order valence-corrected chi connectivity index (χ3v) is 12.4. The van der Waals surface area contributed by atoms with Crippen LogP contribution in [0.15, 0.2) is 40.5 Å². The van der Waals surface area contributed by atoms with Crippen molar-refractivity contribution in [2.24, 2.45) is 0 Å². The van der Waals surface area contributed by atoms with Crippen molar-refractivity contribution in [1.29, 1.82) is 0 Å². The van der Waals surface area contributed by atoms with Crippen LogP contribution in [0.1, 0.15) is 70.9 Å². The highest BCUT2D eigenvalue weighted by atomic mass is 35.5. The van der Waals surface area contributed by atoms with Crippen LogP contribution in [0.25, 0.3) is 10.2 Å². The number of carbonyl (C=O) groups excluding carboxylic acids is 3. The van der Waals surface area contributed by atoms with Crippen LogP contribution in [-0.4, -0.2) is 101 Å². The zero-order chi connectivity index (χ0) is 42.0. The number of amides is 1. The molecule has 2 saturated heterocycles. The van der Waals surface area contributed by atoms with Gasteiger partial charge in [-0.05, 0) is 49.1 Å². The molecular weight excluding hydrogens is 840 g/mol. The Morgan fingerprint density at radius 1 is 1.03 bits per heavy atom. The maximum absolute atomic E-state index is 13.3. The van der Waals surface area contributed by atoms with E-state index < -0.39 is 53.2 Å². The maximum Gasteiger partial charge on any atom is 0.491 e. The Hall–Kier alpha value is -4.08. The fourth-order valence-corrected chi connectivity index (χ4v) is 8.83. The summed E-state index contributed by atoms with van der Waals surface area (Å²) < 4.78 is 93.7. The molecule has 2 aromatic heterocycles. The second-order valence-electron chi connectivity index (χ2n) is 14.3. The molecule has 314 valence electrons. The van der Waals surface area contributed by atoms with E-state index in [2.05, 4.69) is 24.9 Å². The molecule has 6 rings (SSSR count). The molecule has 12 nitrogen and oxygen atoms in total. The number of ether oxygens (including phenoxy) is 3. The first-order valence-electron chi connectivity index (χ1n) is 18.1. The molecule has 4 heterocycles. The average Bonchev–Trinajstić information content (AvgIpc) is 3.82. The van der Waals surface area contributed by atoms with Crippen molar-refractivity contribution in [2.45, 2.75) is 69.6 Å². The summed E-state index contributed by atoms with van der Waals surface area (Å²) in [6.45, 7) is 7.17. The topological polar surface area (TPSA) is 143 Å². The number of rotatable bonds is 12. The zero-order valence-corrected chi connectivity index (χ0v) is 33.4. The molecule has 0 bridgehead atoms. The number of hydrogen-bond acceptors (Lipinski definition) is 12. The fourth-order valence-electron chi connectivity index (χ4n) is 6.83. The monoisotopic (exact) mass is 877 g/mol. The molecule has 0 saturated carbocycles. The van der Waals surface area contributed by atoms with E-state index >= 15 is 0 Å². The number of likely N-dealkylation sites (tertiary alicyclic amines) is 1. The lowest BCUT2D eigenvalue weighted by molar-refractivity contribution is -0.205. The van der Waals surface area contributed by atoms with Crippen LogP contribution in [0.2, 0.25) is 5.02 Å². The molecule has 4 aromatic rings. The molecule has 0 unspecified atom stereocenters. The zero-order valence-electron chi connectivity index (χ0n) is 31.1. The number of piperidine rings is 1. The van der Waals surface area contributed by atoms with Crippen molar-refractivity contribution >= 4 is 62.3 Å². The van der Waals surface area contributed by atoms with Crippen LogP contribution in [0.3, 0.4) is 0 Å². The second-order valence-corrected chi connectivity index (χ2v) is 16.5. The summed E-state index contributed by atoms with van der Waals surface area (Å²) in [5, 5.41) is 6.17. The average molecular weight is 878 g/mol. The predicted octanol–water partition coefficient (Wildman–Crippen LogP) is 6.78. The van der Waals surface area contributed by atoms with Gasteiger partial charge in [-0.25, -0.2) is 14.6 Å². The lowest BCUT2D eigenvalue weighted by Gasteiger charge is -2.47. The van der Waals surface area contributed by atoms with Crippen LogP contribution in [-0.2, 0) is 32.0 Å². The number of fused-ring (bicyclic) bond motifs is 1. The summed E-state index contributed by atoms with van der Waals surface area (Å²) in [6, 6.07) is 7.41. The molecule has 2 N–H and O–H groups in total. The fraction of sp³-hybridized carbons (Fsp3) is 0.486. The van der Waals surface area contributed by atoms with Gasteiger partial charge in [-0.2, -0.15) is 26.3 Å². The van der Waals surface area contributed by atoms with E-state index in [9.17, 15) is 45.5 Å². The molecule has 21 heteroatoms. The third-order valence-electron chi connectivity index (χ3n) is 9.82. The van der Waals surface area contributed by atoms with Gasteiger partial charge in [0.1, 0.15) is 17.3 Å². The van der Waals surface area contributed by atoms with Crippen LogP contribution < -0.4 is 14.9 Å². The molecule has 1 amide bonds. The first-order valence-corrected chi connectivity index (χ1v) is 20.2. The summed E-state index contributed by atoms with van der Waals surface area (Å²) in [6.07, 6.45) is -10.7. The van der Waals surface area contributed by atoms with Gasteiger partial charge in [0.15, 0.2) is 5.75 Å². The molecule has 1 spiro atoms. The Labute approximate surface area is 340 Å². The number of aromatic amines is 1.